The highest BCUT2D eigenvalue weighted by Gasteiger charge is 2.59. The van der Waals surface area contributed by atoms with E-state index in [1.54, 1.807) is 18.3 Å². The van der Waals surface area contributed by atoms with Gasteiger partial charge in [-0.25, -0.2) is 8.78 Å². The summed E-state index contributed by atoms with van der Waals surface area (Å²) in [7, 11) is 0. The highest BCUT2D eigenvalue weighted by Crippen LogP contribution is 2.66. The van der Waals surface area contributed by atoms with Crippen molar-refractivity contribution in [1.29, 1.82) is 0 Å². The van der Waals surface area contributed by atoms with E-state index >= 15 is 4.39 Å². The van der Waals surface area contributed by atoms with Crippen molar-refractivity contribution in [2.24, 2.45) is 28.6 Å². The van der Waals surface area contributed by atoms with Gasteiger partial charge in [0, 0.05) is 12.6 Å². The minimum atomic E-state index is -1.02. The second-order valence-corrected chi connectivity index (χ2v) is 9.77. The zero-order valence-corrected chi connectivity index (χ0v) is 16.6. The first-order chi connectivity index (χ1) is 13.3. The van der Waals surface area contributed by atoms with Crippen LogP contribution >= 0.6 is 0 Å². The minimum Gasteiger partial charge on any atom is -0.295 e. The van der Waals surface area contributed by atoms with Crippen molar-refractivity contribution >= 4 is 11.4 Å². The number of pyridine rings is 1. The Morgan fingerprint density at radius 1 is 1.14 bits per heavy atom. The molecule has 2 fully saturated rings. The lowest BCUT2D eigenvalue weighted by Gasteiger charge is -2.58. The average Bonchev–Trinajstić information content (AvgIpc) is 3.01. The first kappa shape index (κ1) is 18.2. The average molecular weight is 383 g/mol. The number of rotatable bonds is 1. The Hall–Kier alpha value is -1.84. The lowest BCUT2D eigenvalue weighted by Crippen LogP contribution is -2.52. The van der Waals surface area contributed by atoms with Crippen molar-refractivity contribution in [2.75, 3.05) is 0 Å². The standard InChI is InChI=1S/C24H27F2NO/c1-23-8-6-20-17(11-22(26)21-10-16(28)5-7-24(20,21)2)19(23)4-3-18(23)14-9-15(25)13-27-12-14/h3,9-10,12-13,17,19-20,22H,4-8,11H2,1-2H3. The van der Waals surface area contributed by atoms with E-state index in [1.807, 2.05) is 0 Å². The van der Waals surface area contributed by atoms with Crippen LogP contribution in [0.4, 0.5) is 8.78 Å². The van der Waals surface area contributed by atoms with E-state index in [1.165, 1.54) is 11.8 Å². The molecule has 1 heterocycles. The molecule has 1 aromatic heterocycles. The smallest absolute Gasteiger partial charge is 0.155 e. The number of carbonyl (C=O) groups is 1. The van der Waals surface area contributed by atoms with E-state index < -0.39 is 6.17 Å². The molecule has 6 unspecified atom stereocenters. The predicted octanol–water partition coefficient (Wildman–Crippen LogP) is 5.69. The lowest BCUT2D eigenvalue weighted by molar-refractivity contribution is -0.117. The maximum atomic E-state index is 15.3. The van der Waals surface area contributed by atoms with Crippen LogP contribution in [0.5, 0.6) is 0 Å². The quantitative estimate of drug-likeness (QED) is 0.623. The van der Waals surface area contributed by atoms with Crippen molar-refractivity contribution in [3.63, 3.8) is 0 Å². The van der Waals surface area contributed by atoms with Gasteiger partial charge >= 0.3 is 0 Å². The van der Waals surface area contributed by atoms with E-state index in [-0.39, 0.29) is 22.4 Å². The second kappa shape index (κ2) is 6.08. The first-order valence-electron chi connectivity index (χ1n) is 10.5. The molecule has 4 aliphatic carbocycles. The zero-order valence-electron chi connectivity index (χ0n) is 16.6. The molecule has 1 aromatic rings. The van der Waals surface area contributed by atoms with Crippen molar-refractivity contribution in [3.8, 4) is 0 Å². The molecule has 0 spiro atoms. The third-order valence-electron chi connectivity index (χ3n) is 8.54. The van der Waals surface area contributed by atoms with Gasteiger partial charge in [-0.1, -0.05) is 19.9 Å². The summed E-state index contributed by atoms with van der Waals surface area (Å²) in [6.45, 7) is 4.47. The number of halogens is 2. The van der Waals surface area contributed by atoms with E-state index in [2.05, 4.69) is 24.9 Å². The number of fused-ring (bicyclic) bond motifs is 5. The van der Waals surface area contributed by atoms with Crippen molar-refractivity contribution in [2.45, 2.75) is 58.5 Å². The molecule has 28 heavy (non-hydrogen) atoms. The van der Waals surface area contributed by atoms with E-state index in [9.17, 15) is 9.18 Å². The van der Waals surface area contributed by atoms with Crippen LogP contribution < -0.4 is 0 Å². The summed E-state index contributed by atoms with van der Waals surface area (Å²) in [4.78, 5) is 16.0. The molecule has 4 heteroatoms. The molecule has 0 aromatic carbocycles. The van der Waals surface area contributed by atoms with Gasteiger partial charge in [-0.05, 0) is 89.5 Å². The molecule has 148 valence electrons. The van der Waals surface area contributed by atoms with Gasteiger partial charge in [0.05, 0.1) is 6.20 Å². The molecule has 6 atom stereocenters. The number of aromatic nitrogens is 1. The summed E-state index contributed by atoms with van der Waals surface area (Å²) in [6.07, 6.45) is 10.6. The third-order valence-corrected chi connectivity index (χ3v) is 8.54. The molecule has 0 saturated heterocycles. The topological polar surface area (TPSA) is 30.0 Å². The summed E-state index contributed by atoms with van der Waals surface area (Å²) in [5, 5.41) is 0. The molecule has 0 radical (unpaired) electrons. The van der Waals surface area contributed by atoms with Gasteiger partial charge in [0.15, 0.2) is 5.78 Å². The fourth-order valence-electron chi connectivity index (χ4n) is 7.13. The van der Waals surface area contributed by atoms with Gasteiger partial charge in [-0.2, -0.15) is 0 Å². The van der Waals surface area contributed by atoms with E-state index in [4.69, 9.17) is 0 Å². The maximum Gasteiger partial charge on any atom is 0.155 e. The SMILES string of the molecule is CC12CCC3C(CC(F)C4=CC(=O)CCC43C)C1CC=C2c1cncc(F)c1. The fourth-order valence-corrected chi connectivity index (χ4v) is 7.13. The number of hydrogen-bond donors (Lipinski definition) is 0. The summed E-state index contributed by atoms with van der Waals surface area (Å²) < 4.78 is 29.1. The highest BCUT2D eigenvalue weighted by molar-refractivity contribution is 5.92. The molecule has 4 aliphatic rings. The van der Waals surface area contributed by atoms with Crippen LogP contribution in [0, 0.1) is 34.4 Å². The Balaban J connectivity index is 1.50. The molecular formula is C24H27F2NO. The van der Waals surface area contributed by atoms with Crippen LogP contribution in [0.25, 0.3) is 5.57 Å². The van der Waals surface area contributed by atoms with Crippen LogP contribution in [0.2, 0.25) is 0 Å². The summed E-state index contributed by atoms with van der Waals surface area (Å²) in [5.74, 6) is 0.876. The third kappa shape index (κ3) is 2.42. The number of carbonyl (C=O) groups excluding carboxylic acids is 1. The second-order valence-electron chi connectivity index (χ2n) is 9.77. The molecule has 0 amide bonds. The fraction of sp³-hybridized carbons (Fsp3) is 0.583. The normalized spacial score (nSPS) is 42.2. The number of alkyl halides is 1. The van der Waals surface area contributed by atoms with Crippen molar-refractivity contribution in [3.05, 3.63) is 47.6 Å². The van der Waals surface area contributed by atoms with Crippen LogP contribution in [-0.4, -0.2) is 16.9 Å². The Kier molecular flexibility index (Phi) is 3.95. The summed E-state index contributed by atoms with van der Waals surface area (Å²) in [5.41, 5.74) is 2.56. The molecule has 2 saturated carbocycles. The van der Waals surface area contributed by atoms with Crippen LogP contribution in [0.15, 0.2) is 36.2 Å². The van der Waals surface area contributed by atoms with Gasteiger partial charge in [0.2, 0.25) is 0 Å². The van der Waals surface area contributed by atoms with Gasteiger partial charge < -0.3 is 0 Å². The van der Waals surface area contributed by atoms with Gasteiger partial charge in [0.25, 0.3) is 0 Å². The molecule has 0 N–H and O–H groups in total. The number of ketones is 1. The van der Waals surface area contributed by atoms with Crippen molar-refractivity contribution in [1.82, 2.24) is 4.98 Å². The Morgan fingerprint density at radius 2 is 1.96 bits per heavy atom. The number of hydrogen-bond acceptors (Lipinski definition) is 2. The van der Waals surface area contributed by atoms with Gasteiger partial charge in [-0.3, -0.25) is 9.78 Å². The first-order valence-corrected chi connectivity index (χ1v) is 10.5. The van der Waals surface area contributed by atoms with Crippen molar-refractivity contribution < 1.29 is 13.6 Å². The van der Waals surface area contributed by atoms with Gasteiger partial charge in [0.1, 0.15) is 12.0 Å². The molecule has 0 aliphatic heterocycles. The zero-order chi connectivity index (χ0) is 19.7. The van der Waals surface area contributed by atoms with Crippen LogP contribution in [0.1, 0.15) is 57.9 Å². The van der Waals surface area contributed by atoms with Crippen LogP contribution in [-0.2, 0) is 4.79 Å². The van der Waals surface area contributed by atoms with Gasteiger partial charge in [-0.15, -0.1) is 0 Å². The largest absolute Gasteiger partial charge is 0.295 e. The number of nitrogens with zero attached hydrogens (tertiary/aromatic N) is 1. The van der Waals surface area contributed by atoms with Crippen LogP contribution in [0.3, 0.4) is 0 Å². The Morgan fingerprint density at radius 3 is 2.75 bits per heavy atom. The number of allylic oxidation sites excluding steroid dienone is 4. The summed E-state index contributed by atoms with van der Waals surface area (Å²) in [6, 6.07) is 1.58. The monoisotopic (exact) mass is 383 g/mol. The molecule has 5 rings (SSSR count). The predicted molar refractivity (Wildman–Crippen MR) is 105 cm³/mol. The van der Waals surface area contributed by atoms with E-state index in [0.29, 0.717) is 30.6 Å². The molecule has 0 bridgehead atoms. The Bertz CT molecular complexity index is 906. The molecular weight excluding hydrogens is 356 g/mol. The summed E-state index contributed by atoms with van der Waals surface area (Å²) >= 11 is 0. The lowest BCUT2D eigenvalue weighted by atomic mass is 9.46. The Labute approximate surface area is 165 Å². The minimum absolute atomic E-state index is 0.0571. The molecule has 2 nitrogen and oxygen atoms in total. The maximum absolute atomic E-state index is 15.3. The van der Waals surface area contributed by atoms with E-state index in [0.717, 1.165) is 36.8 Å². The highest BCUT2D eigenvalue weighted by atomic mass is 19.1.